The minimum atomic E-state index is -1.25. The molecule has 6 heteroatoms. The summed E-state index contributed by atoms with van der Waals surface area (Å²) in [5, 5.41) is 19.7. The lowest BCUT2D eigenvalue weighted by atomic mass is 10.2. The second-order valence-electron chi connectivity index (χ2n) is 3.05. The van der Waals surface area contributed by atoms with E-state index in [2.05, 4.69) is 5.32 Å². The van der Waals surface area contributed by atoms with Crippen LogP contribution in [0.25, 0.3) is 0 Å². The predicted molar refractivity (Wildman–Crippen MR) is 58.9 cm³/mol. The van der Waals surface area contributed by atoms with Crippen molar-refractivity contribution in [3.8, 4) is 5.75 Å². The summed E-state index contributed by atoms with van der Waals surface area (Å²) in [4.78, 5) is 32.1. The Morgan fingerprint density at radius 3 is 2.53 bits per heavy atom. The highest BCUT2D eigenvalue weighted by Crippen LogP contribution is 2.19. The summed E-state index contributed by atoms with van der Waals surface area (Å²) in [5.41, 5.74) is 0.292. The number of rotatable bonds is 4. The van der Waals surface area contributed by atoms with E-state index in [9.17, 15) is 14.4 Å². The first-order chi connectivity index (χ1) is 8.02. The van der Waals surface area contributed by atoms with E-state index in [0.717, 1.165) is 6.08 Å². The van der Waals surface area contributed by atoms with Crippen LogP contribution in [0.3, 0.4) is 0 Å². The monoisotopic (exact) mass is 235 g/mol. The molecule has 0 radical (unpaired) electrons. The third-order valence-corrected chi connectivity index (χ3v) is 1.80. The van der Waals surface area contributed by atoms with Gasteiger partial charge in [-0.3, -0.25) is 9.59 Å². The number of phenols is 1. The molecular formula is C11H9NO5. The van der Waals surface area contributed by atoms with E-state index in [0.29, 0.717) is 12.4 Å². The molecule has 0 spiro atoms. The quantitative estimate of drug-likeness (QED) is 0.406. The Morgan fingerprint density at radius 1 is 1.24 bits per heavy atom. The van der Waals surface area contributed by atoms with Crippen molar-refractivity contribution in [3.63, 3.8) is 0 Å². The molecule has 6 nitrogen and oxygen atoms in total. The van der Waals surface area contributed by atoms with Gasteiger partial charge in [-0.05, 0) is 18.2 Å². The van der Waals surface area contributed by atoms with E-state index in [1.54, 1.807) is 0 Å². The molecule has 0 aromatic heterocycles. The highest BCUT2D eigenvalue weighted by atomic mass is 16.4. The molecule has 0 fully saturated rings. The first-order valence-electron chi connectivity index (χ1n) is 4.53. The number of carbonyl (C=O) groups excluding carboxylic acids is 2. The van der Waals surface area contributed by atoms with Crippen molar-refractivity contribution in [3.05, 3.63) is 35.9 Å². The van der Waals surface area contributed by atoms with Crippen molar-refractivity contribution < 1.29 is 24.6 Å². The summed E-state index contributed by atoms with van der Waals surface area (Å²) >= 11 is 0. The van der Waals surface area contributed by atoms with Crippen LogP contribution in [0.15, 0.2) is 30.4 Å². The number of aliphatic carboxylic acids is 1. The van der Waals surface area contributed by atoms with Gasteiger partial charge in [0.15, 0.2) is 6.29 Å². The number of anilines is 1. The fourth-order valence-corrected chi connectivity index (χ4v) is 1.08. The molecule has 88 valence electrons. The molecule has 3 N–H and O–H groups in total. The van der Waals surface area contributed by atoms with E-state index in [-0.39, 0.29) is 17.0 Å². The van der Waals surface area contributed by atoms with Crippen LogP contribution in [-0.2, 0) is 9.59 Å². The van der Waals surface area contributed by atoms with Gasteiger partial charge >= 0.3 is 5.97 Å². The van der Waals surface area contributed by atoms with Crippen molar-refractivity contribution in [2.75, 3.05) is 5.32 Å². The number of phenolic OH excluding ortho intramolecular Hbond substituents is 1. The third-order valence-electron chi connectivity index (χ3n) is 1.80. The lowest BCUT2D eigenvalue weighted by Gasteiger charge is -2.05. The molecule has 0 aliphatic rings. The summed E-state index contributed by atoms with van der Waals surface area (Å²) in [7, 11) is 0. The van der Waals surface area contributed by atoms with Crippen LogP contribution < -0.4 is 5.32 Å². The van der Waals surface area contributed by atoms with Crippen LogP contribution in [0.2, 0.25) is 0 Å². The average molecular weight is 235 g/mol. The lowest BCUT2D eigenvalue weighted by Crippen LogP contribution is -2.10. The number of aldehydes is 1. The van der Waals surface area contributed by atoms with Gasteiger partial charge in [-0.25, -0.2) is 4.79 Å². The van der Waals surface area contributed by atoms with Gasteiger partial charge in [-0.1, -0.05) is 0 Å². The number of amides is 1. The summed E-state index contributed by atoms with van der Waals surface area (Å²) in [6, 6.07) is 3.82. The van der Waals surface area contributed by atoms with Crippen LogP contribution in [0.4, 0.5) is 5.69 Å². The Kier molecular flexibility index (Phi) is 3.99. The minimum Gasteiger partial charge on any atom is -0.508 e. The number of hydrogen-bond donors (Lipinski definition) is 3. The molecule has 1 aromatic carbocycles. The van der Waals surface area contributed by atoms with Gasteiger partial charge in [0.05, 0.1) is 5.69 Å². The van der Waals surface area contributed by atoms with E-state index in [4.69, 9.17) is 10.2 Å². The Hall–Kier alpha value is -2.63. The Morgan fingerprint density at radius 2 is 1.94 bits per heavy atom. The Bertz CT molecular complexity index is 493. The standard InChI is InChI=1S/C11H9NO5/c13-6-7-5-8(14)1-2-9(7)12-10(15)3-4-11(16)17/h1-6,14H,(H,12,15)(H,16,17). The first kappa shape index (κ1) is 12.4. The number of carbonyl (C=O) groups is 3. The van der Waals surface area contributed by atoms with Gasteiger partial charge < -0.3 is 15.5 Å². The predicted octanol–water partition coefficient (Wildman–Crippen LogP) is 0.784. The number of hydrogen-bond acceptors (Lipinski definition) is 4. The van der Waals surface area contributed by atoms with Crippen molar-refractivity contribution in [2.24, 2.45) is 0 Å². The summed E-state index contributed by atoms with van der Waals surface area (Å²) in [5.74, 6) is -2.03. The molecule has 0 bridgehead atoms. The molecule has 0 saturated heterocycles. The molecule has 1 aromatic rings. The Labute approximate surface area is 96.2 Å². The zero-order valence-electron chi connectivity index (χ0n) is 8.58. The molecule has 17 heavy (non-hydrogen) atoms. The van der Waals surface area contributed by atoms with Crippen LogP contribution in [0.1, 0.15) is 10.4 Å². The van der Waals surface area contributed by atoms with Gasteiger partial charge in [0.1, 0.15) is 5.75 Å². The molecule has 0 heterocycles. The smallest absolute Gasteiger partial charge is 0.328 e. The maximum Gasteiger partial charge on any atom is 0.328 e. The SMILES string of the molecule is O=Cc1cc(O)ccc1NC(=O)C=CC(=O)O. The molecule has 1 amide bonds. The van der Waals surface area contributed by atoms with Gasteiger partial charge in [-0.2, -0.15) is 0 Å². The van der Waals surface area contributed by atoms with E-state index in [1.165, 1.54) is 18.2 Å². The van der Waals surface area contributed by atoms with Crippen molar-refractivity contribution in [2.45, 2.75) is 0 Å². The molecule has 0 atom stereocenters. The first-order valence-corrected chi connectivity index (χ1v) is 4.53. The number of benzene rings is 1. The van der Waals surface area contributed by atoms with E-state index in [1.807, 2.05) is 0 Å². The van der Waals surface area contributed by atoms with Crippen LogP contribution in [0.5, 0.6) is 5.75 Å². The summed E-state index contributed by atoms with van der Waals surface area (Å²) < 4.78 is 0. The van der Waals surface area contributed by atoms with Crippen LogP contribution in [-0.4, -0.2) is 28.4 Å². The van der Waals surface area contributed by atoms with Crippen molar-refractivity contribution in [1.29, 1.82) is 0 Å². The minimum absolute atomic E-state index is 0.0991. The van der Waals surface area contributed by atoms with Crippen LogP contribution >= 0.6 is 0 Å². The summed E-state index contributed by atoms with van der Waals surface area (Å²) in [6.07, 6.45) is 1.97. The van der Waals surface area contributed by atoms with Gasteiger partial charge in [0.25, 0.3) is 0 Å². The van der Waals surface area contributed by atoms with Gasteiger partial charge in [0.2, 0.25) is 5.91 Å². The topological polar surface area (TPSA) is 104 Å². The maximum atomic E-state index is 11.2. The highest BCUT2D eigenvalue weighted by Gasteiger charge is 2.05. The molecular weight excluding hydrogens is 226 g/mol. The molecule has 0 unspecified atom stereocenters. The number of carboxylic acid groups (broad SMARTS) is 1. The van der Waals surface area contributed by atoms with Gasteiger partial charge in [-0.15, -0.1) is 0 Å². The van der Waals surface area contributed by atoms with E-state index < -0.39 is 11.9 Å². The highest BCUT2D eigenvalue weighted by molar-refractivity contribution is 6.04. The normalized spacial score (nSPS) is 10.1. The maximum absolute atomic E-state index is 11.2. The second kappa shape index (κ2) is 5.45. The van der Waals surface area contributed by atoms with Crippen LogP contribution in [0, 0.1) is 0 Å². The van der Waals surface area contributed by atoms with Crippen molar-refractivity contribution >= 4 is 23.9 Å². The van der Waals surface area contributed by atoms with Gasteiger partial charge in [0, 0.05) is 17.7 Å². The largest absolute Gasteiger partial charge is 0.508 e. The lowest BCUT2D eigenvalue weighted by molar-refractivity contribution is -0.131. The fourth-order valence-electron chi connectivity index (χ4n) is 1.08. The Balaban J connectivity index is 2.85. The van der Waals surface area contributed by atoms with E-state index >= 15 is 0 Å². The fraction of sp³-hybridized carbons (Fsp3) is 0. The summed E-state index contributed by atoms with van der Waals surface area (Å²) in [6.45, 7) is 0. The second-order valence-corrected chi connectivity index (χ2v) is 3.05. The number of aromatic hydroxyl groups is 1. The average Bonchev–Trinajstić information content (AvgIpc) is 2.28. The zero-order chi connectivity index (χ0) is 12.8. The molecule has 0 aliphatic heterocycles. The number of carboxylic acids is 1. The van der Waals surface area contributed by atoms with Crippen molar-refractivity contribution in [1.82, 2.24) is 0 Å². The molecule has 1 rings (SSSR count). The number of nitrogens with one attached hydrogen (secondary N) is 1. The molecule has 0 saturated carbocycles. The molecule has 0 aliphatic carbocycles. The zero-order valence-corrected chi connectivity index (χ0v) is 8.58. The third kappa shape index (κ3) is 3.78.